The number of nitrogens with zero attached hydrogens (tertiary/aromatic N) is 2. The Balaban J connectivity index is 1.48. The van der Waals surface area contributed by atoms with Gasteiger partial charge in [0.15, 0.2) is 16.7 Å². The summed E-state index contributed by atoms with van der Waals surface area (Å²) in [6.07, 6.45) is 2.71. The summed E-state index contributed by atoms with van der Waals surface area (Å²) in [5.41, 5.74) is 1.59. The Bertz CT molecular complexity index is 1170. The molecule has 1 aromatic carbocycles. The zero-order chi connectivity index (χ0) is 23.2. The quantitative estimate of drug-likeness (QED) is 0.346. The first-order chi connectivity index (χ1) is 16.1. The molecule has 1 fully saturated rings. The highest BCUT2D eigenvalue weighted by molar-refractivity contribution is 7.99. The maximum absolute atomic E-state index is 13.2. The van der Waals surface area contributed by atoms with Crippen molar-refractivity contribution in [2.45, 2.75) is 37.1 Å². The summed E-state index contributed by atoms with van der Waals surface area (Å²) in [5.74, 6) is 1.39. The zero-order valence-corrected chi connectivity index (χ0v) is 20.3. The number of thioether (sulfide) groups is 1. The van der Waals surface area contributed by atoms with Gasteiger partial charge in [0.1, 0.15) is 4.70 Å². The third-order valence-electron chi connectivity index (χ3n) is 5.49. The maximum Gasteiger partial charge on any atom is 0.272 e. The van der Waals surface area contributed by atoms with Crippen LogP contribution in [0.2, 0.25) is 0 Å². The van der Waals surface area contributed by atoms with E-state index in [4.69, 9.17) is 14.2 Å². The fraction of sp³-hybridized carbons (Fsp3) is 0.435. The minimum Gasteiger partial charge on any atom is -0.493 e. The number of ether oxygens (including phenoxy) is 3. The molecule has 0 spiro atoms. The van der Waals surface area contributed by atoms with E-state index in [9.17, 15) is 9.59 Å². The van der Waals surface area contributed by atoms with Gasteiger partial charge in [-0.25, -0.2) is 4.98 Å². The standard InChI is InChI=1S/C23H27N3O5S2/c1-29-18-6-5-15(12-19(18)30-2)7-9-26-22(28)21-17(8-11-32-21)25-23(26)33-14-20(27)24-13-16-4-3-10-31-16/h5-6,8,11-12,16H,3-4,7,9-10,13-14H2,1-2H3,(H,24,27)/t16-/m1/s1. The molecule has 0 aliphatic carbocycles. The van der Waals surface area contributed by atoms with Crippen molar-refractivity contribution in [2.75, 3.05) is 33.1 Å². The van der Waals surface area contributed by atoms with Gasteiger partial charge in [-0.15, -0.1) is 11.3 Å². The van der Waals surface area contributed by atoms with Crippen molar-refractivity contribution in [1.82, 2.24) is 14.9 Å². The maximum atomic E-state index is 13.2. The second kappa shape index (κ2) is 11.0. The van der Waals surface area contributed by atoms with Gasteiger partial charge < -0.3 is 19.5 Å². The molecule has 3 aromatic rings. The van der Waals surface area contributed by atoms with Gasteiger partial charge in [-0.3, -0.25) is 14.2 Å². The molecule has 176 valence electrons. The summed E-state index contributed by atoms with van der Waals surface area (Å²) in [5, 5.41) is 5.32. The van der Waals surface area contributed by atoms with E-state index >= 15 is 0 Å². The number of carbonyl (C=O) groups excluding carboxylic acids is 1. The average Bonchev–Trinajstić information content (AvgIpc) is 3.53. The topological polar surface area (TPSA) is 91.7 Å². The lowest BCUT2D eigenvalue weighted by atomic mass is 10.1. The molecular weight excluding hydrogens is 462 g/mol. The molecule has 8 nitrogen and oxygen atoms in total. The van der Waals surface area contributed by atoms with Gasteiger partial charge >= 0.3 is 0 Å². The van der Waals surface area contributed by atoms with Crippen LogP contribution >= 0.6 is 23.1 Å². The molecule has 1 atom stereocenters. The fourth-order valence-corrected chi connectivity index (χ4v) is 5.36. The second-order valence-electron chi connectivity index (χ2n) is 7.65. The highest BCUT2D eigenvalue weighted by Crippen LogP contribution is 2.28. The third kappa shape index (κ3) is 5.69. The molecule has 10 heteroatoms. The number of hydrogen-bond donors (Lipinski definition) is 1. The Morgan fingerprint density at radius 2 is 2.15 bits per heavy atom. The van der Waals surface area contributed by atoms with Gasteiger partial charge in [-0.1, -0.05) is 17.8 Å². The molecule has 1 aliphatic heterocycles. The Kier molecular flexibility index (Phi) is 7.89. The molecular formula is C23H27N3O5S2. The normalized spacial score (nSPS) is 15.6. The van der Waals surface area contributed by atoms with E-state index in [-0.39, 0.29) is 23.3 Å². The molecule has 2 aromatic heterocycles. The van der Waals surface area contributed by atoms with Crippen LogP contribution in [0.3, 0.4) is 0 Å². The van der Waals surface area contributed by atoms with Crippen molar-refractivity contribution < 1.29 is 19.0 Å². The number of methoxy groups -OCH3 is 2. The van der Waals surface area contributed by atoms with Gasteiger partial charge in [0, 0.05) is 19.7 Å². The summed E-state index contributed by atoms with van der Waals surface area (Å²) in [6, 6.07) is 7.55. The number of thiophene rings is 1. The van der Waals surface area contributed by atoms with Crippen LogP contribution < -0.4 is 20.3 Å². The second-order valence-corrected chi connectivity index (χ2v) is 9.51. The smallest absolute Gasteiger partial charge is 0.272 e. The van der Waals surface area contributed by atoms with Crippen LogP contribution in [0.25, 0.3) is 10.2 Å². The van der Waals surface area contributed by atoms with Crippen molar-refractivity contribution in [3.8, 4) is 11.5 Å². The van der Waals surface area contributed by atoms with Gasteiger partial charge in [0.2, 0.25) is 5.91 Å². The monoisotopic (exact) mass is 489 g/mol. The van der Waals surface area contributed by atoms with Crippen molar-refractivity contribution in [1.29, 1.82) is 0 Å². The van der Waals surface area contributed by atoms with Crippen LogP contribution in [0.4, 0.5) is 0 Å². The summed E-state index contributed by atoms with van der Waals surface area (Å²) < 4.78 is 18.5. The number of nitrogens with one attached hydrogen (secondary N) is 1. The predicted octanol–water partition coefficient (Wildman–Crippen LogP) is 3.11. The molecule has 0 unspecified atom stereocenters. The number of rotatable bonds is 10. The molecule has 33 heavy (non-hydrogen) atoms. The van der Waals surface area contributed by atoms with Crippen LogP contribution in [-0.4, -0.2) is 54.7 Å². The Labute approximate surface area is 200 Å². The van der Waals surface area contributed by atoms with E-state index in [2.05, 4.69) is 10.3 Å². The Hall–Kier alpha value is -2.56. The molecule has 0 saturated carbocycles. The van der Waals surface area contributed by atoms with Gasteiger partial charge in [-0.2, -0.15) is 0 Å². The first-order valence-electron chi connectivity index (χ1n) is 10.8. The molecule has 1 saturated heterocycles. The SMILES string of the molecule is COc1ccc(CCn2c(SCC(=O)NC[C@H]3CCCO3)nc3ccsc3c2=O)cc1OC. The molecule has 3 heterocycles. The molecule has 1 aliphatic rings. The largest absolute Gasteiger partial charge is 0.493 e. The fourth-order valence-electron chi connectivity index (χ4n) is 3.72. The lowest BCUT2D eigenvalue weighted by Crippen LogP contribution is -2.33. The van der Waals surface area contributed by atoms with E-state index in [1.54, 1.807) is 18.8 Å². The number of aryl methyl sites for hydroxylation is 1. The molecule has 4 rings (SSSR count). The summed E-state index contributed by atoms with van der Waals surface area (Å²) in [6.45, 7) is 1.71. The van der Waals surface area contributed by atoms with Crippen LogP contribution in [-0.2, 0) is 22.5 Å². The zero-order valence-electron chi connectivity index (χ0n) is 18.7. The van der Waals surface area contributed by atoms with Crippen molar-refractivity contribution in [3.63, 3.8) is 0 Å². The molecule has 0 radical (unpaired) electrons. The van der Waals surface area contributed by atoms with Crippen molar-refractivity contribution >= 4 is 39.2 Å². The Morgan fingerprint density at radius 3 is 2.91 bits per heavy atom. The third-order valence-corrected chi connectivity index (χ3v) is 7.35. The van der Waals surface area contributed by atoms with E-state index in [0.717, 1.165) is 25.0 Å². The van der Waals surface area contributed by atoms with Crippen LogP contribution in [0.5, 0.6) is 11.5 Å². The van der Waals surface area contributed by atoms with E-state index in [1.807, 2.05) is 29.6 Å². The minimum atomic E-state index is -0.0957. The van der Waals surface area contributed by atoms with E-state index in [1.165, 1.54) is 23.1 Å². The van der Waals surface area contributed by atoms with Gasteiger partial charge in [-0.05, 0) is 48.4 Å². The van der Waals surface area contributed by atoms with E-state index in [0.29, 0.717) is 46.4 Å². The minimum absolute atomic E-state index is 0.0854. The first kappa shape index (κ1) is 23.6. The van der Waals surface area contributed by atoms with Crippen molar-refractivity contribution in [3.05, 3.63) is 45.6 Å². The average molecular weight is 490 g/mol. The molecule has 1 N–H and O–H groups in total. The van der Waals surface area contributed by atoms with Gasteiger partial charge in [0.05, 0.1) is 31.6 Å². The predicted molar refractivity (Wildman–Crippen MR) is 130 cm³/mol. The number of fused-ring (bicyclic) bond motifs is 1. The number of benzene rings is 1. The first-order valence-corrected chi connectivity index (χ1v) is 12.7. The summed E-state index contributed by atoms with van der Waals surface area (Å²) >= 11 is 2.66. The highest BCUT2D eigenvalue weighted by Gasteiger charge is 2.18. The summed E-state index contributed by atoms with van der Waals surface area (Å²) in [4.78, 5) is 30.2. The number of aromatic nitrogens is 2. The Morgan fingerprint density at radius 1 is 1.30 bits per heavy atom. The number of carbonyl (C=O) groups is 1. The van der Waals surface area contributed by atoms with Crippen LogP contribution in [0, 0.1) is 0 Å². The highest BCUT2D eigenvalue weighted by atomic mass is 32.2. The summed E-state index contributed by atoms with van der Waals surface area (Å²) in [7, 11) is 3.19. The molecule has 1 amide bonds. The van der Waals surface area contributed by atoms with Gasteiger partial charge in [0.25, 0.3) is 5.56 Å². The number of amides is 1. The molecule has 0 bridgehead atoms. The lowest BCUT2D eigenvalue weighted by Gasteiger charge is -2.14. The number of hydrogen-bond acceptors (Lipinski definition) is 8. The van der Waals surface area contributed by atoms with Crippen LogP contribution in [0.15, 0.2) is 39.6 Å². The van der Waals surface area contributed by atoms with Crippen LogP contribution in [0.1, 0.15) is 18.4 Å². The lowest BCUT2D eigenvalue weighted by molar-refractivity contribution is -0.119. The van der Waals surface area contributed by atoms with E-state index < -0.39 is 0 Å². The van der Waals surface area contributed by atoms with Crippen molar-refractivity contribution in [2.24, 2.45) is 0 Å².